The van der Waals surface area contributed by atoms with Gasteiger partial charge >= 0.3 is 5.97 Å². The van der Waals surface area contributed by atoms with Crippen LogP contribution in [0.25, 0.3) is 0 Å². The Kier molecular flexibility index (Phi) is 3.92. The molecule has 2 rings (SSSR count). The molecule has 0 fully saturated rings. The van der Waals surface area contributed by atoms with Crippen molar-refractivity contribution in [2.75, 3.05) is 7.11 Å². The molecular weight excluding hydrogens is 248 g/mol. The lowest BCUT2D eigenvalue weighted by atomic mass is 10.1. The molecular formula is C13H12N2O4. The Balaban J connectivity index is 2.20. The van der Waals surface area contributed by atoms with E-state index in [-0.39, 0.29) is 5.69 Å². The number of ether oxygens (including phenoxy) is 1. The Morgan fingerprint density at radius 1 is 1.26 bits per heavy atom. The summed E-state index contributed by atoms with van der Waals surface area (Å²) in [6, 6.07) is 9.35. The molecule has 1 aromatic carbocycles. The van der Waals surface area contributed by atoms with Gasteiger partial charge in [0.25, 0.3) is 5.91 Å². The summed E-state index contributed by atoms with van der Waals surface area (Å²) in [7, 11) is 1.26. The van der Waals surface area contributed by atoms with Crippen LogP contribution in [-0.2, 0) is 9.53 Å². The topological polar surface area (TPSA) is 81.4 Å². The molecule has 98 valence electrons. The van der Waals surface area contributed by atoms with E-state index in [4.69, 9.17) is 0 Å². The predicted octanol–water partition coefficient (Wildman–Crippen LogP) is 1.32. The van der Waals surface area contributed by atoms with Gasteiger partial charge in [-0.25, -0.2) is 4.79 Å². The van der Waals surface area contributed by atoms with Crippen LogP contribution < -0.4 is 5.32 Å². The zero-order valence-electron chi connectivity index (χ0n) is 10.2. The largest absolute Gasteiger partial charge is 0.467 e. The highest BCUT2D eigenvalue weighted by Crippen LogP contribution is 2.14. The number of carbonyl (C=O) groups is 2. The lowest BCUT2D eigenvalue weighted by Crippen LogP contribution is -2.34. The van der Waals surface area contributed by atoms with Crippen molar-refractivity contribution >= 4 is 11.9 Å². The maximum atomic E-state index is 11.9. The summed E-state index contributed by atoms with van der Waals surface area (Å²) in [5.41, 5.74) is 0.732. The maximum Gasteiger partial charge on any atom is 0.333 e. The van der Waals surface area contributed by atoms with E-state index >= 15 is 0 Å². The van der Waals surface area contributed by atoms with Gasteiger partial charge in [0.05, 0.1) is 7.11 Å². The highest BCUT2D eigenvalue weighted by atomic mass is 16.5. The molecule has 0 saturated carbocycles. The number of rotatable bonds is 4. The SMILES string of the molecule is COC(=O)C(NC(=O)c1ccon1)c1ccccc1. The molecule has 0 saturated heterocycles. The Bertz CT molecular complexity index is 551. The van der Waals surface area contributed by atoms with Gasteiger partial charge in [0, 0.05) is 6.07 Å². The molecule has 0 aliphatic carbocycles. The lowest BCUT2D eigenvalue weighted by molar-refractivity contribution is -0.143. The molecule has 0 spiro atoms. The van der Waals surface area contributed by atoms with Crippen LogP contribution >= 0.6 is 0 Å². The Morgan fingerprint density at radius 3 is 2.58 bits per heavy atom. The normalized spacial score (nSPS) is 11.6. The number of amides is 1. The zero-order valence-corrected chi connectivity index (χ0v) is 10.2. The highest BCUT2D eigenvalue weighted by molar-refractivity contribution is 5.95. The van der Waals surface area contributed by atoms with Gasteiger partial charge in [0.2, 0.25) is 0 Å². The van der Waals surface area contributed by atoms with Gasteiger partial charge in [0.15, 0.2) is 11.7 Å². The molecule has 0 aliphatic heterocycles. The zero-order chi connectivity index (χ0) is 13.7. The smallest absolute Gasteiger partial charge is 0.333 e. The van der Waals surface area contributed by atoms with Crippen LogP contribution in [0, 0.1) is 0 Å². The third kappa shape index (κ3) is 2.98. The summed E-state index contributed by atoms with van der Waals surface area (Å²) < 4.78 is 9.27. The molecule has 0 aliphatic rings. The van der Waals surface area contributed by atoms with Crippen LogP contribution in [0.5, 0.6) is 0 Å². The van der Waals surface area contributed by atoms with Crippen molar-refractivity contribution in [2.45, 2.75) is 6.04 Å². The van der Waals surface area contributed by atoms with E-state index in [0.29, 0.717) is 5.56 Å². The molecule has 6 heteroatoms. The van der Waals surface area contributed by atoms with Crippen LogP contribution in [0.2, 0.25) is 0 Å². The average molecular weight is 260 g/mol. The van der Waals surface area contributed by atoms with Gasteiger partial charge in [-0.3, -0.25) is 4.79 Å². The molecule has 1 N–H and O–H groups in total. The number of benzene rings is 1. The summed E-state index contributed by atoms with van der Waals surface area (Å²) in [5, 5.41) is 6.06. The minimum atomic E-state index is -0.879. The number of aromatic nitrogens is 1. The lowest BCUT2D eigenvalue weighted by Gasteiger charge is -2.15. The average Bonchev–Trinajstić information content (AvgIpc) is 2.99. The van der Waals surface area contributed by atoms with Crippen LogP contribution in [0.3, 0.4) is 0 Å². The van der Waals surface area contributed by atoms with Crippen molar-refractivity contribution in [2.24, 2.45) is 0 Å². The fourth-order valence-electron chi connectivity index (χ4n) is 1.58. The summed E-state index contributed by atoms with van der Waals surface area (Å²) in [5.74, 6) is -1.06. The standard InChI is InChI=1S/C13H12N2O4/c1-18-13(17)11(9-5-3-2-4-6-9)14-12(16)10-7-8-19-15-10/h2-8,11H,1H3,(H,14,16). The first-order valence-electron chi connectivity index (χ1n) is 5.56. The second-order valence-corrected chi connectivity index (χ2v) is 3.73. The highest BCUT2D eigenvalue weighted by Gasteiger charge is 2.24. The van der Waals surface area contributed by atoms with Crippen molar-refractivity contribution in [3.8, 4) is 0 Å². The van der Waals surface area contributed by atoms with Crippen molar-refractivity contribution in [1.82, 2.24) is 10.5 Å². The van der Waals surface area contributed by atoms with Crippen LogP contribution in [-0.4, -0.2) is 24.1 Å². The third-order valence-electron chi connectivity index (χ3n) is 2.52. The maximum absolute atomic E-state index is 11.9. The summed E-state index contributed by atoms with van der Waals surface area (Å²) in [6.07, 6.45) is 1.28. The second-order valence-electron chi connectivity index (χ2n) is 3.73. The number of hydrogen-bond donors (Lipinski definition) is 1. The van der Waals surface area contributed by atoms with E-state index in [1.807, 2.05) is 6.07 Å². The Labute approximate surface area is 109 Å². The summed E-state index contributed by atoms with van der Waals surface area (Å²) >= 11 is 0. The van der Waals surface area contributed by atoms with E-state index in [9.17, 15) is 9.59 Å². The van der Waals surface area contributed by atoms with Crippen molar-refractivity contribution < 1.29 is 18.8 Å². The first-order chi connectivity index (χ1) is 9.22. The first-order valence-corrected chi connectivity index (χ1v) is 5.56. The molecule has 2 aromatic rings. The second kappa shape index (κ2) is 5.81. The quantitative estimate of drug-likeness (QED) is 0.838. The Hall–Kier alpha value is -2.63. The predicted molar refractivity (Wildman–Crippen MR) is 65.2 cm³/mol. The molecule has 1 amide bonds. The first kappa shape index (κ1) is 12.8. The molecule has 1 atom stereocenters. The molecule has 6 nitrogen and oxygen atoms in total. The number of esters is 1. The van der Waals surface area contributed by atoms with Gasteiger partial charge in [-0.1, -0.05) is 35.5 Å². The van der Waals surface area contributed by atoms with Crippen LogP contribution in [0.4, 0.5) is 0 Å². The fraction of sp³-hybridized carbons (Fsp3) is 0.154. The number of carbonyl (C=O) groups excluding carboxylic acids is 2. The fourth-order valence-corrected chi connectivity index (χ4v) is 1.58. The van der Waals surface area contributed by atoms with Crippen LogP contribution in [0.15, 0.2) is 47.2 Å². The van der Waals surface area contributed by atoms with Crippen LogP contribution in [0.1, 0.15) is 22.1 Å². The van der Waals surface area contributed by atoms with Gasteiger partial charge < -0.3 is 14.6 Å². The van der Waals surface area contributed by atoms with E-state index < -0.39 is 17.9 Å². The molecule has 0 radical (unpaired) electrons. The number of hydrogen-bond acceptors (Lipinski definition) is 5. The van der Waals surface area contributed by atoms with E-state index in [2.05, 4.69) is 19.7 Å². The third-order valence-corrected chi connectivity index (χ3v) is 2.52. The van der Waals surface area contributed by atoms with Gasteiger partial charge in [0.1, 0.15) is 6.26 Å². The van der Waals surface area contributed by atoms with Crippen molar-refractivity contribution in [3.63, 3.8) is 0 Å². The van der Waals surface area contributed by atoms with Gasteiger partial charge in [-0.05, 0) is 5.56 Å². The minimum absolute atomic E-state index is 0.102. The molecule has 1 aromatic heterocycles. The van der Waals surface area contributed by atoms with E-state index in [1.54, 1.807) is 24.3 Å². The van der Waals surface area contributed by atoms with Gasteiger partial charge in [-0.2, -0.15) is 0 Å². The number of nitrogens with one attached hydrogen (secondary N) is 1. The number of methoxy groups -OCH3 is 1. The number of nitrogens with zero attached hydrogens (tertiary/aromatic N) is 1. The Morgan fingerprint density at radius 2 is 2.00 bits per heavy atom. The summed E-state index contributed by atoms with van der Waals surface area (Å²) in [4.78, 5) is 23.6. The van der Waals surface area contributed by atoms with Gasteiger partial charge in [-0.15, -0.1) is 0 Å². The monoisotopic (exact) mass is 260 g/mol. The molecule has 19 heavy (non-hydrogen) atoms. The van der Waals surface area contributed by atoms with Crippen molar-refractivity contribution in [1.29, 1.82) is 0 Å². The molecule has 1 unspecified atom stereocenters. The molecule has 0 bridgehead atoms. The summed E-state index contributed by atoms with van der Waals surface area (Å²) in [6.45, 7) is 0. The van der Waals surface area contributed by atoms with E-state index in [0.717, 1.165) is 0 Å². The molecule has 1 heterocycles. The minimum Gasteiger partial charge on any atom is -0.467 e. The van der Waals surface area contributed by atoms with E-state index in [1.165, 1.54) is 19.4 Å². The van der Waals surface area contributed by atoms with Crippen molar-refractivity contribution in [3.05, 3.63) is 53.9 Å².